The molecule has 140 valence electrons. The van der Waals surface area contributed by atoms with Gasteiger partial charge in [-0.05, 0) is 30.2 Å². The molecule has 0 radical (unpaired) electrons. The van der Waals surface area contributed by atoms with E-state index in [9.17, 15) is 13.2 Å². The lowest BCUT2D eigenvalue weighted by molar-refractivity contribution is -0.121. The maximum atomic E-state index is 12.6. The van der Waals surface area contributed by atoms with Gasteiger partial charge in [0.25, 0.3) is 0 Å². The second-order valence-electron chi connectivity index (χ2n) is 6.25. The number of nitrogens with one attached hydrogen (secondary N) is 2. The third-order valence-electron chi connectivity index (χ3n) is 4.08. The monoisotopic (exact) mass is 383 g/mol. The lowest BCUT2D eigenvalue weighted by Crippen LogP contribution is -2.30. The number of carbonyl (C=O) groups excluding carboxylic acids is 1. The number of sulfonamides is 1. The number of hydrogen-bond acceptors (Lipinski definition) is 4. The highest BCUT2D eigenvalue weighted by Gasteiger charge is 2.18. The molecular weight excluding hydrogens is 362 g/mol. The van der Waals surface area contributed by atoms with Crippen molar-refractivity contribution in [1.82, 2.24) is 15.0 Å². The van der Waals surface area contributed by atoms with Gasteiger partial charge in [0.05, 0.1) is 5.52 Å². The molecule has 27 heavy (non-hydrogen) atoms. The Kier molecular flexibility index (Phi) is 5.83. The summed E-state index contributed by atoms with van der Waals surface area (Å²) < 4.78 is 27.7. The molecule has 0 aliphatic carbocycles. The lowest BCUT2D eigenvalue weighted by atomic mass is 10.2. The SMILES string of the molecule is Cc1cnc2c(S(=O)(=O)NCCC(=O)NCc3ccccc3)cccc2c1. The van der Waals surface area contributed by atoms with E-state index in [0.717, 1.165) is 16.5 Å². The smallest absolute Gasteiger partial charge is 0.242 e. The van der Waals surface area contributed by atoms with Crippen molar-refractivity contribution in [3.63, 3.8) is 0 Å². The fraction of sp³-hybridized carbons (Fsp3) is 0.200. The van der Waals surface area contributed by atoms with Gasteiger partial charge in [-0.15, -0.1) is 0 Å². The van der Waals surface area contributed by atoms with Crippen LogP contribution in [0.25, 0.3) is 10.9 Å². The number of pyridine rings is 1. The fourth-order valence-corrected chi connectivity index (χ4v) is 3.93. The van der Waals surface area contributed by atoms with Crippen molar-refractivity contribution in [1.29, 1.82) is 0 Å². The van der Waals surface area contributed by atoms with E-state index in [1.807, 2.05) is 49.4 Å². The Labute approximate surface area is 158 Å². The van der Waals surface area contributed by atoms with Gasteiger partial charge in [0, 0.05) is 31.1 Å². The summed E-state index contributed by atoms with van der Waals surface area (Å²) in [5.41, 5.74) is 2.37. The highest BCUT2D eigenvalue weighted by molar-refractivity contribution is 7.89. The molecular formula is C20H21N3O3S. The summed E-state index contributed by atoms with van der Waals surface area (Å²) >= 11 is 0. The van der Waals surface area contributed by atoms with Gasteiger partial charge >= 0.3 is 0 Å². The van der Waals surface area contributed by atoms with Crippen LogP contribution in [0.2, 0.25) is 0 Å². The number of rotatable bonds is 7. The zero-order valence-corrected chi connectivity index (χ0v) is 15.8. The molecule has 1 amide bonds. The number of para-hydroxylation sites is 1. The molecule has 0 saturated carbocycles. The Balaban J connectivity index is 1.60. The molecule has 0 aliphatic heterocycles. The first-order valence-electron chi connectivity index (χ1n) is 8.61. The molecule has 3 aromatic rings. The van der Waals surface area contributed by atoms with Crippen LogP contribution in [0.1, 0.15) is 17.5 Å². The summed E-state index contributed by atoms with van der Waals surface area (Å²) in [5, 5.41) is 3.54. The van der Waals surface area contributed by atoms with E-state index >= 15 is 0 Å². The van der Waals surface area contributed by atoms with Gasteiger partial charge in [0.15, 0.2) is 0 Å². The van der Waals surface area contributed by atoms with Crippen molar-refractivity contribution in [2.24, 2.45) is 0 Å². The van der Waals surface area contributed by atoms with Gasteiger partial charge in [-0.2, -0.15) is 0 Å². The first-order chi connectivity index (χ1) is 13.0. The normalized spacial score (nSPS) is 11.4. The van der Waals surface area contributed by atoms with Gasteiger partial charge in [-0.3, -0.25) is 9.78 Å². The third kappa shape index (κ3) is 4.90. The highest BCUT2D eigenvalue weighted by Crippen LogP contribution is 2.21. The molecule has 0 atom stereocenters. The maximum absolute atomic E-state index is 12.6. The topological polar surface area (TPSA) is 88.2 Å². The number of fused-ring (bicyclic) bond motifs is 1. The van der Waals surface area contributed by atoms with Gasteiger partial charge < -0.3 is 5.32 Å². The largest absolute Gasteiger partial charge is 0.352 e. The maximum Gasteiger partial charge on any atom is 0.242 e. The molecule has 0 unspecified atom stereocenters. The van der Waals surface area contributed by atoms with Crippen LogP contribution in [0.3, 0.4) is 0 Å². The first kappa shape index (κ1) is 19.0. The zero-order chi connectivity index (χ0) is 19.3. The molecule has 2 N–H and O–H groups in total. The van der Waals surface area contributed by atoms with Crippen LogP contribution in [0.15, 0.2) is 65.7 Å². The molecule has 0 spiro atoms. The summed E-state index contributed by atoms with van der Waals surface area (Å²) in [7, 11) is -3.75. The van der Waals surface area contributed by atoms with Crippen molar-refractivity contribution in [3.05, 3.63) is 71.9 Å². The Hall–Kier alpha value is -2.77. The van der Waals surface area contributed by atoms with Gasteiger partial charge in [0.1, 0.15) is 4.90 Å². The van der Waals surface area contributed by atoms with Crippen molar-refractivity contribution < 1.29 is 13.2 Å². The standard InChI is InChI=1S/C20H21N3O3S/c1-15-12-17-8-5-9-18(20(17)22-13-15)27(25,26)23-11-10-19(24)21-14-16-6-3-2-4-7-16/h2-9,12-13,23H,10-11,14H2,1H3,(H,21,24). The Morgan fingerprint density at radius 1 is 1.07 bits per heavy atom. The fourth-order valence-electron chi connectivity index (χ4n) is 2.72. The quantitative estimate of drug-likeness (QED) is 0.656. The molecule has 0 saturated heterocycles. The first-order valence-corrected chi connectivity index (χ1v) is 10.1. The highest BCUT2D eigenvalue weighted by atomic mass is 32.2. The average Bonchev–Trinajstić information content (AvgIpc) is 2.66. The van der Waals surface area contributed by atoms with E-state index in [-0.39, 0.29) is 23.8 Å². The summed E-state index contributed by atoms with van der Waals surface area (Å²) in [6.45, 7) is 2.34. The Bertz CT molecular complexity index is 1050. The Morgan fingerprint density at radius 2 is 1.85 bits per heavy atom. The predicted molar refractivity (Wildman–Crippen MR) is 105 cm³/mol. The number of aromatic nitrogens is 1. The minimum Gasteiger partial charge on any atom is -0.352 e. The van der Waals surface area contributed by atoms with Crippen LogP contribution in [0.4, 0.5) is 0 Å². The van der Waals surface area contributed by atoms with E-state index < -0.39 is 10.0 Å². The number of aryl methyl sites for hydroxylation is 1. The van der Waals surface area contributed by atoms with Crippen LogP contribution in [0.5, 0.6) is 0 Å². The van der Waals surface area contributed by atoms with E-state index in [2.05, 4.69) is 15.0 Å². The van der Waals surface area contributed by atoms with Gasteiger partial charge in [-0.1, -0.05) is 42.5 Å². The van der Waals surface area contributed by atoms with Crippen LogP contribution < -0.4 is 10.0 Å². The number of amides is 1. The molecule has 6 nitrogen and oxygen atoms in total. The van der Waals surface area contributed by atoms with Crippen molar-refractivity contribution in [2.75, 3.05) is 6.54 Å². The average molecular weight is 383 g/mol. The van der Waals surface area contributed by atoms with Crippen molar-refractivity contribution in [3.8, 4) is 0 Å². The molecule has 1 heterocycles. The molecule has 3 rings (SSSR count). The van der Waals surface area contributed by atoms with Crippen molar-refractivity contribution >= 4 is 26.8 Å². The van der Waals surface area contributed by atoms with Gasteiger partial charge in [0.2, 0.25) is 15.9 Å². The molecule has 1 aromatic heterocycles. The number of nitrogens with zero attached hydrogens (tertiary/aromatic N) is 1. The van der Waals surface area contributed by atoms with Crippen molar-refractivity contribution in [2.45, 2.75) is 24.8 Å². The van der Waals surface area contributed by atoms with E-state index in [1.165, 1.54) is 6.07 Å². The van der Waals surface area contributed by atoms with Crippen LogP contribution >= 0.6 is 0 Å². The van der Waals surface area contributed by atoms with E-state index in [0.29, 0.717) is 12.1 Å². The number of hydrogen-bond donors (Lipinski definition) is 2. The van der Waals surface area contributed by atoms with Gasteiger partial charge in [-0.25, -0.2) is 13.1 Å². The third-order valence-corrected chi connectivity index (χ3v) is 5.57. The molecule has 0 aliphatic rings. The van der Waals surface area contributed by atoms with Crippen LogP contribution in [-0.4, -0.2) is 25.9 Å². The summed E-state index contributed by atoms with van der Waals surface area (Å²) in [6, 6.07) is 16.4. The Morgan fingerprint density at radius 3 is 2.63 bits per heavy atom. The van der Waals surface area contributed by atoms with Crippen LogP contribution in [-0.2, 0) is 21.4 Å². The summed E-state index contributed by atoms with van der Waals surface area (Å²) in [4.78, 5) is 16.3. The minimum absolute atomic E-state index is 0.0191. The zero-order valence-electron chi connectivity index (χ0n) is 15.0. The molecule has 0 bridgehead atoms. The van der Waals surface area contributed by atoms with E-state index in [4.69, 9.17) is 0 Å². The van der Waals surface area contributed by atoms with Crippen LogP contribution in [0, 0.1) is 6.92 Å². The minimum atomic E-state index is -3.75. The molecule has 2 aromatic carbocycles. The number of benzene rings is 2. The lowest BCUT2D eigenvalue weighted by Gasteiger charge is -2.10. The molecule has 7 heteroatoms. The second-order valence-corrected chi connectivity index (χ2v) is 7.99. The molecule has 0 fully saturated rings. The van der Waals surface area contributed by atoms with E-state index in [1.54, 1.807) is 12.3 Å². The summed E-state index contributed by atoms with van der Waals surface area (Å²) in [5.74, 6) is -0.215. The number of carbonyl (C=O) groups is 1. The second kappa shape index (κ2) is 8.28. The predicted octanol–water partition coefficient (Wildman–Crippen LogP) is 2.53. The summed E-state index contributed by atoms with van der Waals surface area (Å²) in [6.07, 6.45) is 1.70.